The molecule has 0 fully saturated rings. The topological polar surface area (TPSA) is 48.1 Å². The molecule has 0 N–H and O–H groups in total. The molecule has 1 aliphatic heterocycles. The lowest BCUT2D eigenvalue weighted by Crippen LogP contribution is -2.43. The van der Waals surface area contributed by atoms with Crippen molar-refractivity contribution in [2.24, 2.45) is 0 Å². The SMILES string of the molecule is Cc1ccc2c(c1)c(I)c1n2CC(c2ccccc2)([N+](=O)[O-])CC1. The van der Waals surface area contributed by atoms with E-state index >= 15 is 0 Å². The number of nitrogens with zero attached hydrogens (tertiary/aromatic N) is 2. The highest BCUT2D eigenvalue weighted by Crippen LogP contribution is 2.41. The molecule has 24 heavy (non-hydrogen) atoms. The van der Waals surface area contributed by atoms with Crippen molar-refractivity contribution >= 4 is 33.5 Å². The van der Waals surface area contributed by atoms with Crippen LogP contribution in [0.2, 0.25) is 0 Å². The van der Waals surface area contributed by atoms with Gasteiger partial charge in [0.15, 0.2) is 0 Å². The standard InChI is InChI=1S/C19H17IN2O2/c1-13-7-8-16-15(11-13)18(20)17-9-10-19(22(23)24,12-21(16)17)14-5-3-2-4-6-14/h2-8,11H,9-10,12H2,1H3. The predicted octanol–water partition coefficient (Wildman–Crippen LogP) is 4.67. The van der Waals surface area contributed by atoms with E-state index < -0.39 is 5.54 Å². The van der Waals surface area contributed by atoms with Gasteiger partial charge in [-0.1, -0.05) is 42.0 Å². The smallest absolute Gasteiger partial charge is 0.265 e. The van der Waals surface area contributed by atoms with Crippen LogP contribution in [0.25, 0.3) is 10.9 Å². The highest BCUT2D eigenvalue weighted by atomic mass is 127. The zero-order valence-electron chi connectivity index (χ0n) is 13.3. The van der Waals surface area contributed by atoms with Crippen molar-refractivity contribution < 1.29 is 4.92 Å². The maximum Gasteiger partial charge on any atom is 0.265 e. The van der Waals surface area contributed by atoms with Crippen LogP contribution in [0.1, 0.15) is 23.2 Å². The zero-order valence-corrected chi connectivity index (χ0v) is 15.5. The van der Waals surface area contributed by atoms with E-state index in [0.717, 1.165) is 17.5 Å². The Morgan fingerprint density at radius 3 is 2.67 bits per heavy atom. The molecule has 2 aromatic carbocycles. The fourth-order valence-electron chi connectivity index (χ4n) is 3.81. The van der Waals surface area contributed by atoms with Crippen LogP contribution in [-0.2, 0) is 18.5 Å². The second-order valence-corrected chi connectivity index (χ2v) is 7.60. The lowest BCUT2D eigenvalue weighted by molar-refractivity contribution is -0.585. The van der Waals surface area contributed by atoms with Crippen LogP contribution in [0.15, 0.2) is 48.5 Å². The van der Waals surface area contributed by atoms with E-state index in [9.17, 15) is 10.1 Å². The highest BCUT2D eigenvalue weighted by molar-refractivity contribution is 14.1. The molecule has 1 aromatic heterocycles. The van der Waals surface area contributed by atoms with Crippen molar-refractivity contribution in [1.82, 2.24) is 4.57 Å². The molecule has 0 saturated carbocycles. The van der Waals surface area contributed by atoms with Crippen molar-refractivity contribution in [3.8, 4) is 0 Å². The third kappa shape index (κ3) is 2.17. The fourth-order valence-corrected chi connectivity index (χ4v) is 4.80. The van der Waals surface area contributed by atoms with Crippen LogP contribution in [0.5, 0.6) is 0 Å². The number of rotatable bonds is 2. The van der Waals surface area contributed by atoms with Crippen molar-refractivity contribution in [3.63, 3.8) is 0 Å². The monoisotopic (exact) mass is 432 g/mol. The van der Waals surface area contributed by atoms with Crippen molar-refractivity contribution in [1.29, 1.82) is 0 Å². The second kappa shape index (κ2) is 5.58. The van der Waals surface area contributed by atoms with Gasteiger partial charge in [0.25, 0.3) is 5.54 Å². The molecule has 0 amide bonds. The van der Waals surface area contributed by atoms with Crippen molar-refractivity contribution in [2.45, 2.75) is 31.8 Å². The average Bonchev–Trinajstić information content (AvgIpc) is 2.87. The summed E-state index contributed by atoms with van der Waals surface area (Å²) in [6.07, 6.45) is 1.26. The normalized spacial score (nSPS) is 20.1. The largest absolute Gasteiger partial charge is 0.336 e. The maximum atomic E-state index is 12.1. The minimum Gasteiger partial charge on any atom is -0.336 e. The maximum absolute atomic E-state index is 12.1. The van der Waals surface area contributed by atoms with Gasteiger partial charge in [-0.2, -0.15) is 0 Å². The summed E-state index contributed by atoms with van der Waals surface area (Å²) >= 11 is 2.39. The Labute approximate surface area is 153 Å². The molecule has 0 saturated heterocycles. The Bertz CT molecular complexity index is 949. The Hall–Kier alpha value is -1.89. The zero-order chi connectivity index (χ0) is 16.9. The predicted molar refractivity (Wildman–Crippen MR) is 103 cm³/mol. The van der Waals surface area contributed by atoms with E-state index in [-0.39, 0.29) is 4.92 Å². The Morgan fingerprint density at radius 2 is 1.96 bits per heavy atom. The molecule has 1 unspecified atom stereocenters. The molecule has 0 spiro atoms. The van der Waals surface area contributed by atoms with Crippen LogP contribution in [0, 0.1) is 20.6 Å². The average molecular weight is 432 g/mol. The molecular weight excluding hydrogens is 415 g/mol. The van der Waals surface area contributed by atoms with Crippen LogP contribution < -0.4 is 0 Å². The number of nitro groups is 1. The molecular formula is C19H17IN2O2. The number of benzene rings is 2. The Kier molecular flexibility index (Phi) is 3.63. The number of fused-ring (bicyclic) bond motifs is 3. The third-order valence-electron chi connectivity index (χ3n) is 5.11. The molecule has 0 radical (unpaired) electrons. The van der Waals surface area contributed by atoms with Gasteiger partial charge in [-0.25, -0.2) is 0 Å². The number of hydrogen-bond donors (Lipinski definition) is 0. The van der Waals surface area contributed by atoms with E-state index in [4.69, 9.17) is 0 Å². The summed E-state index contributed by atoms with van der Waals surface area (Å²) in [5.41, 5.74) is 3.29. The van der Waals surface area contributed by atoms with Crippen molar-refractivity contribution in [3.05, 3.63) is 79.0 Å². The number of hydrogen-bond acceptors (Lipinski definition) is 2. The quantitative estimate of drug-likeness (QED) is 0.336. The second-order valence-electron chi connectivity index (χ2n) is 6.52. The molecule has 0 aliphatic carbocycles. The summed E-state index contributed by atoms with van der Waals surface area (Å²) in [5.74, 6) is 0. The number of halogens is 1. The minimum atomic E-state index is -1.05. The number of aromatic nitrogens is 1. The first-order valence-corrected chi connectivity index (χ1v) is 9.08. The molecule has 4 rings (SSSR count). The van der Waals surface area contributed by atoms with E-state index in [2.05, 4.69) is 52.3 Å². The Balaban J connectivity index is 1.93. The van der Waals surface area contributed by atoms with Gasteiger partial charge in [-0.05, 0) is 48.1 Å². The van der Waals surface area contributed by atoms with E-state index in [1.807, 2.05) is 30.3 Å². The van der Waals surface area contributed by atoms with Gasteiger partial charge < -0.3 is 4.57 Å². The van der Waals surface area contributed by atoms with Crippen molar-refractivity contribution in [2.75, 3.05) is 0 Å². The number of aryl methyl sites for hydroxylation is 1. The summed E-state index contributed by atoms with van der Waals surface area (Å²) in [5, 5.41) is 13.3. The molecule has 4 nitrogen and oxygen atoms in total. The van der Waals surface area contributed by atoms with Gasteiger partial charge in [0.2, 0.25) is 0 Å². The summed E-state index contributed by atoms with van der Waals surface area (Å²) in [6.45, 7) is 2.47. The molecule has 1 atom stereocenters. The minimum absolute atomic E-state index is 0.0852. The van der Waals surface area contributed by atoms with E-state index in [1.165, 1.54) is 20.2 Å². The van der Waals surface area contributed by atoms with Gasteiger partial charge >= 0.3 is 0 Å². The summed E-state index contributed by atoms with van der Waals surface area (Å²) in [6, 6.07) is 15.8. The molecule has 3 aromatic rings. The first-order valence-electron chi connectivity index (χ1n) is 8.00. The third-order valence-corrected chi connectivity index (χ3v) is 6.32. The van der Waals surface area contributed by atoms with Crippen LogP contribution >= 0.6 is 22.6 Å². The van der Waals surface area contributed by atoms with E-state index in [1.54, 1.807) is 0 Å². The van der Waals surface area contributed by atoms with Gasteiger partial charge in [0, 0.05) is 37.1 Å². The lowest BCUT2D eigenvalue weighted by atomic mass is 9.83. The van der Waals surface area contributed by atoms with Crippen LogP contribution in [-0.4, -0.2) is 9.49 Å². The first kappa shape index (κ1) is 15.6. The van der Waals surface area contributed by atoms with Crippen LogP contribution in [0.3, 0.4) is 0 Å². The first-order chi connectivity index (χ1) is 11.5. The molecule has 0 bridgehead atoms. The van der Waals surface area contributed by atoms with Gasteiger partial charge in [0.05, 0.1) is 6.54 Å². The molecule has 5 heteroatoms. The summed E-state index contributed by atoms with van der Waals surface area (Å²) in [7, 11) is 0. The molecule has 1 aliphatic rings. The summed E-state index contributed by atoms with van der Waals surface area (Å²) in [4.78, 5) is 12.0. The van der Waals surface area contributed by atoms with Gasteiger partial charge in [-0.15, -0.1) is 0 Å². The molecule has 2 heterocycles. The van der Waals surface area contributed by atoms with Gasteiger partial charge in [0.1, 0.15) is 0 Å². The van der Waals surface area contributed by atoms with E-state index in [0.29, 0.717) is 13.0 Å². The Morgan fingerprint density at radius 1 is 1.21 bits per heavy atom. The fraction of sp³-hybridized carbons (Fsp3) is 0.263. The van der Waals surface area contributed by atoms with Crippen LogP contribution in [0.4, 0.5) is 0 Å². The molecule has 122 valence electrons. The van der Waals surface area contributed by atoms with Gasteiger partial charge in [-0.3, -0.25) is 10.1 Å². The highest BCUT2D eigenvalue weighted by Gasteiger charge is 2.48. The summed E-state index contributed by atoms with van der Waals surface area (Å²) < 4.78 is 3.40. The lowest BCUT2D eigenvalue weighted by Gasteiger charge is -2.31.